The van der Waals surface area contributed by atoms with Gasteiger partial charge in [-0.05, 0) is 59.2 Å². The lowest BCUT2D eigenvalue weighted by Crippen LogP contribution is -2.50. The van der Waals surface area contributed by atoms with E-state index in [-0.39, 0.29) is 61.0 Å². The van der Waals surface area contributed by atoms with Crippen LogP contribution in [-0.2, 0) is 9.47 Å². The molecule has 1 aliphatic rings. The summed E-state index contributed by atoms with van der Waals surface area (Å²) in [6.45, 7) is 10.9. The molecule has 15 heteroatoms. The van der Waals surface area contributed by atoms with E-state index < -0.39 is 52.7 Å². The summed E-state index contributed by atoms with van der Waals surface area (Å²) in [5.41, 5.74) is -2.48. The largest absolute Gasteiger partial charge is 0.444 e. The molecule has 0 aliphatic carbocycles. The number of carbonyl (C=O) groups is 2. The first kappa shape index (κ1) is 33.2. The number of ether oxygens (including phenoxy) is 2. The van der Waals surface area contributed by atoms with Crippen LogP contribution in [0.1, 0.15) is 58.8 Å². The number of hydrogen-bond donors (Lipinski definition) is 2. The Morgan fingerprint density at radius 3 is 2.48 bits per heavy atom. The standard InChI is InChI=1S/C31H30ClF3N6O4S/c1-30(2,3)44-28(42)40-26-16(12-36)20-14(7-8-18(33)25(20)46-26)21-17(32)11-15-23(38-27(35)39-24(15)22(21)34)19-13-37-9-10-41(19)29(43)45-31(4,5)6/h7-8,11,19,37H,9-10,13H2,1-6H3,(H,40,42). The number of nitrogens with one attached hydrogen (secondary N) is 2. The molecule has 2 aromatic carbocycles. The van der Waals surface area contributed by atoms with Gasteiger partial charge >= 0.3 is 18.3 Å². The molecule has 46 heavy (non-hydrogen) atoms. The molecular weight excluding hydrogens is 645 g/mol. The zero-order chi connectivity index (χ0) is 33.7. The molecule has 0 saturated carbocycles. The first-order valence-electron chi connectivity index (χ1n) is 14.2. The fraction of sp³-hybridized carbons (Fsp3) is 0.387. The van der Waals surface area contributed by atoms with Crippen LogP contribution in [0.15, 0.2) is 18.2 Å². The SMILES string of the molecule is CC(C)(C)OC(=O)Nc1sc2c(F)ccc(-c3c(Cl)cc4c(C5CNCCN5C(=O)OC(C)(C)C)nc(F)nc4c3F)c2c1C#N. The van der Waals surface area contributed by atoms with E-state index in [1.807, 2.05) is 6.07 Å². The molecule has 2 amide bonds. The zero-order valence-corrected chi connectivity index (χ0v) is 27.3. The number of amides is 2. The van der Waals surface area contributed by atoms with Gasteiger partial charge in [-0.15, -0.1) is 11.3 Å². The quantitative estimate of drug-likeness (QED) is 0.212. The fourth-order valence-electron chi connectivity index (χ4n) is 5.15. The number of thiophene rings is 1. The average Bonchev–Trinajstić information content (AvgIpc) is 3.31. The Morgan fingerprint density at radius 2 is 1.83 bits per heavy atom. The Labute approximate surface area is 271 Å². The van der Waals surface area contributed by atoms with Crippen LogP contribution in [0.4, 0.5) is 27.8 Å². The van der Waals surface area contributed by atoms with Crippen molar-refractivity contribution in [1.29, 1.82) is 5.26 Å². The maximum atomic E-state index is 16.6. The van der Waals surface area contributed by atoms with Crippen LogP contribution in [0.5, 0.6) is 0 Å². The Kier molecular flexibility index (Phi) is 8.80. The second kappa shape index (κ2) is 12.2. The number of rotatable bonds is 3. The number of nitrogens with zero attached hydrogens (tertiary/aromatic N) is 4. The average molecular weight is 675 g/mol. The van der Waals surface area contributed by atoms with E-state index in [0.29, 0.717) is 6.54 Å². The van der Waals surface area contributed by atoms with Crippen molar-refractivity contribution < 1.29 is 32.2 Å². The molecule has 242 valence electrons. The van der Waals surface area contributed by atoms with Crippen molar-refractivity contribution >= 4 is 61.1 Å². The molecule has 1 fully saturated rings. The molecule has 2 N–H and O–H groups in total. The van der Waals surface area contributed by atoms with Gasteiger partial charge in [-0.2, -0.15) is 14.6 Å². The third-order valence-corrected chi connectivity index (χ3v) is 8.27. The molecule has 1 unspecified atom stereocenters. The molecule has 0 bridgehead atoms. The minimum absolute atomic E-state index is 0.00857. The Balaban J connectivity index is 1.68. The van der Waals surface area contributed by atoms with E-state index in [2.05, 4.69) is 20.6 Å². The molecule has 3 heterocycles. The lowest BCUT2D eigenvalue weighted by atomic mass is 9.95. The third-order valence-electron chi connectivity index (χ3n) is 6.86. The van der Waals surface area contributed by atoms with Gasteiger partial charge in [0.2, 0.25) is 0 Å². The summed E-state index contributed by atoms with van der Waals surface area (Å²) in [5, 5.41) is 15.5. The first-order chi connectivity index (χ1) is 21.5. The van der Waals surface area contributed by atoms with Crippen molar-refractivity contribution in [1.82, 2.24) is 20.2 Å². The maximum absolute atomic E-state index is 16.6. The zero-order valence-electron chi connectivity index (χ0n) is 25.8. The normalized spacial score (nSPS) is 15.6. The van der Waals surface area contributed by atoms with Gasteiger partial charge < -0.3 is 14.8 Å². The van der Waals surface area contributed by atoms with E-state index in [9.17, 15) is 14.9 Å². The Morgan fingerprint density at radius 1 is 1.13 bits per heavy atom. The van der Waals surface area contributed by atoms with Gasteiger partial charge in [0.05, 0.1) is 27.0 Å². The number of nitriles is 1. The Bertz CT molecular complexity index is 1930. The van der Waals surface area contributed by atoms with Crippen LogP contribution in [0, 0.1) is 29.0 Å². The third kappa shape index (κ3) is 6.53. The van der Waals surface area contributed by atoms with E-state index in [4.69, 9.17) is 21.1 Å². The lowest BCUT2D eigenvalue weighted by molar-refractivity contribution is 0.0113. The van der Waals surface area contributed by atoms with E-state index in [0.717, 1.165) is 17.4 Å². The molecule has 1 aliphatic heterocycles. The number of anilines is 1. The molecule has 0 radical (unpaired) electrons. The number of piperazine rings is 1. The molecule has 5 rings (SSSR count). The number of hydrogen-bond acceptors (Lipinski definition) is 9. The number of aromatic nitrogens is 2. The lowest BCUT2D eigenvalue weighted by Gasteiger charge is -2.37. The molecular formula is C31H30ClF3N6O4S. The van der Waals surface area contributed by atoms with Crippen LogP contribution in [-0.4, -0.2) is 57.9 Å². The Hall–Kier alpha value is -4.19. The summed E-state index contributed by atoms with van der Waals surface area (Å²) in [7, 11) is 0. The van der Waals surface area contributed by atoms with Crippen LogP contribution in [0.2, 0.25) is 5.02 Å². The van der Waals surface area contributed by atoms with E-state index in [1.165, 1.54) is 17.0 Å². The maximum Gasteiger partial charge on any atom is 0.412 e. The van der Waals surface area contributed by atoms with Crippen molar-refractivity contribution in [3.63, 3.8) is 0 Å². The van der Waals surface area contributed by atoms with Crippen molar-refractivity contribution in [2.24, 2.45) is 0 Å². The van der Waals surface area contributed by atoms with Crippen LogP contribution < -0.4 is 10.6 Å². The van der Waals surface area contributed by atoms with Gasteiger partial charge in [0.15, 0.2) is 5.82 Å². The van der Waals surface area contributed by atoms with E-state index >= 15 is 13.2 Å². The van der Waals surface area contributed by atoms with Crippen LogP contribution in [0.25, 0.3) is 32.1 Å². The summed E-state index contributed by atoms with van der Waals surface area (Å²) >= 11 is 7.47. The molecule has 4 aromatic rings. The second-order valence-corrected chi connectivity index (χ2v) is 14.0. The minimum Gasteiger partial charge on any atom is -0.444 e. The highest BCUT2D eigenvalue weighted by Crippen LogP contribution is 2.46. The van der Waals surface area contributed by atoms with Gasteiger partial charge in [-0.1, -0.05) is 17.7 Å². The van der Waals surface area contributed by atoms with Crippen molar-refractivity contribution in [2.75, 3.05) is 25.0 Å². The summed E-state index contributed by atoms with van der Waals surface area (Å²) < 4.78 is 57.5. The predicted octanol–water partition coefficient (Wildman–Crippen LogP) is 7.68. The molecule has 2 aromatic heterocycles. The van der Waals surface area contributed by atoms with Crippen molar-refractivity contribution in [3.05, 3.63) is 52.2 Å². The molecule has 1 saturated heterocycles. The molecule has 10 nitrogen and oxygen atoms in total. The highest BCUT2D eigenvalue weighted by Gasteiger charge is 2.35. The second-order valence-electron chi connectivity index (χ2n) is 12.6. The van der Waals surface area contributed by atoms with Crippen molar-refractivity contribution in [2.45, 2.75) is 58.8 Å². The number of fused-ring (bicyclic) bond motifs is 2. The summed E-state index contributed by atoms with van der Waals surface area (Å²) in [6, 6.07) is 4.77. The highest BCUT2D eigenvalue weighted by atomic mass is 35.5. The monoisotopic (exact) mass is 674 g/mol. The van der Waals surface area contributed by atoms with E-state index in [1.54, 1.807) is 41.5 Å². The molecule has 1 atom stereocenters. The topological polar surface area (TPSA) is 129 Å². The number of carbonyl (C=O) groups excluding carboxylic acids is 2. The predicted molar refractivity (Wildman–Crippen MR) is 168 cm³/mol. The highest BCUT2D eigenvalue weighted by molar-refractivity contribution is 7.23. The fourth-order valence-corrected chi connectivity index (χ4v) is 6.51. The van der Waals surface area contributed by atoms with Crippen LogP contribution in [0.3, 0.4) is 0 Å². The summed E-state index contributed by atoms with van der Waals surface area (Å²) in [6.07, 6.45) is -2.77. The van der Waals surface area contributed by atoms with Crippen molar-refractivity contribution in [3.8, 4) is 17.2 Å². The van der Waals surface area contributed by atoms with Gasteiger partial charge in [0.1, 0.15) is 33.6 Å². The smallest absolute Gasteiger partial charge is 0.412 e. The first-order valence-corrected chi connectivity index (χ1v) is 15.4. The summed E-state index contributed by atoms with van der Waals surface area (Å²) in [4.78, 5) is 34.6. The summed E-state index contributed by atoms with van der Waals surface area (Å²) in [5.74, 6) is -1.78. The van der Waals surface area contributed by atoms with Gasteiger partial charge in [-0.3, -0.25) is 10.2 Å². The van der Waals surface area contributed by atoms with Crippen LogP contribution >= 0.6 is 22.9 Å². The van der Waals surface area contributed by atoms with Gasteiger partial charge in [0, 0.05) is 36.0 Å². The number of benzene rings is 2. The van der Waals surface area contributed by atoms with Gasteiger partial charge in [-0.25, -0.2) is 23.4 Å². The van der Waals surface area contributed by atoms with Gasteiger partial charge in [0.25, 0.3) is 0 Å². The minimum atomic E-state index is -1.24. The number of halogens is 4. The molecule has 0 spiro atoms.